The highest BCUT2D eigenvalue weighted by atomic mass is 32.2. The Hall–Kier alpha value is -1.25. The topological polar surface area (TPSA) is 98.0 Å². The molecule has 0 fully saturated rings. The normalized spacial score (nSPS) is 14.8. The minimum Gasteiger partial charge on any atom is -0.308 e. The van der Waals surface area contributed by atoms with Crippen molar-refractivity contribution in [3.63, 3.8) is 0 Å². The van der Waals surface area contributed by atoms with Crippen LogP contribution in [0.3, 0.4) is 0 Å². The molecular weight excluding hydrogens is 284 g/mol. The number of aryl methyl sites for hydroxylation is 2. The molecule has 0 atom stereocenters. The van der Waals surface area contributed by atoms with Gasteiger partial charge in [-0.1, -0.05) is 0 Å². The van der Waals surface area contributed by atoms with E-state index in [2.05, 4.69) is 15.4 Å². The van der Waals surface area contributed by atoms with Gasteiger partial charge in [-0.3, -0.25) is 0 Å². The molecule has 2 heterocycles. The first-order valence-corrected chi connectivity index (χ1v) is 8.81. The molecule has 1 aliphatic rings. The molecule has 0 bridgehead atoms. The monoisotopic (exact) mass is 298 g/mol. The maximum Gasteiger partial charge on any atom is 0.154 e. The average Bonchev–Trinajstić information content (AvgIpc) is 2.85. The number of nitrogens with two attached hydrogens (primary N) is 1. The Balaban J connectivity index is 2.19. The van der Waals surface area contributed by atoms with Crippen LogP contribution < -0.4 is 11.3 Å². The lowest BCUT2D eigenvalue weighted by Gasteiger charge is -2.05. The van der Waals surface area contributed by atoms with Gasteiger partial charge in [0.25, 0.3) is 0 Å². The number of sulfone groups is 1. The summed E-state index contributed by atoms with van der Waals surface area (Å²) in [7, 11) is -3.15. The Bertz CT molecular complexity index is 752. The summed E-state index contributed by atoms with van der Waals surface area (Å²) < 4.78 is 22.7. The SMILES string of the molecule is CS(=O)(=O)Cc1nc(NN)c2c3c(sc2n1)CCC3. The van der Waals surface area contributed by atoms with E-state index in [1.807, 2.05) is 0 Å². The van der Waals surface area contributed by atoms with E-state index in [1.54, 1.807) is 11.3 Å². The van der Waals surface area contributed by atoms with Crippen molar-refractivity contribution in [1.82, 2.24) is 9.97 Å². The summed E-state index contributed by atoms with van der Waals surface area (Å²) in [6, 6.07) is 0. The summed E-state index contributed by atoms with van der Waals surface area (Å²) in [5.41, 5.74) is 3.84. The molecule has 0 spiro atoms. The van der Waals surface area contributed by atoms with Gasteiger partial charge in [-0.15, -0.1) is 11.3 Å². The van der Waals surface area contributed by atoms with Gasteiger partial charge in [0.2, 0.25) is 0 Å². The molecule has 19 heavy (non-hydrogen) atoms. The van der Waals surface area contributed by atoms with Crippen LogP contribution in [0, 0.1) is 0 Å². The number of anilines is 1. The van der Waals surface area contributed by atoms with E-state index in [4.69, 9.17) is 5.84 Å². The molecule has 0 saturated carbocycles. The molecule has 3 N–H and O–H groups in total. The molecule has 8 heteroatoms. The third-order valence-corrected chi connectivity index (χ3v) is 5.11. The Kier molecular flexibility index (Phi) is 2.95. The third-order valence-electron chi connectivity index (χ3n) is 3.14. The maximum atomic E-state index is 11.3. The lowest BCUT2D eigenvalue weighted by Crippen LogP contribution is -2.13. The average molecular weight is 298 g/mol. The molecule has 0 aliphatic heterocycles. The highest BCUT2D eigenvalue weighted by molar-refractivity contribution is 7.89. The second kappa shape index (κ2) is 4.39. The van der Waals surface area contributed by atoms with E-state index in [9.17, 15) is 8.42 Å². The molecule has 2 aromatic heterocycles. The summed E-state index contributed by atoms with van der Waals surface area (Å²) in [6.45, 7) is 0. The zero-order valence-corrected chi connectivity index (χ0v) is 12.1. The van der Waals surface area contributed by atoms with Crippen molar-refractivity contribution in [1.29, 1.82) is 0 Å². The summed E-state index contributed by atoms with van der Waals surface area (Å²) in [5.74, 6) is 6.18. The fourth-order valence-electron chi connectivity index (χ4n) is 2.44. The third kappa shape index (κ3) is 2.31. The predicted octanol–water partition coefficient (Wildman–Crippen LogP) is 1.01. The molecule has 0 radical (unpaired) electrons. The van der Waals surface area contributed by atoms with E-state index in [0.717, 1.165) is 29.5 Å². The lowest BCUT2D eigenvalue weighted by molar-refractivity contribution is 0.600. The van der Waals surface area contributed by atoms with Crippen LogP contribution in [0.4, 0.5) is 5.82 Å². The van der Waals surface area contributed by atoms with Gasteiger partial charge in [0.15, 0.2) is 15.7 Å². The highest BCUT2D eigenvalue weighted by Crippen LogP contribution is 2.39. The zero-order valence-electron chi connectivity index (χ0n) is 10.4. The lowest BCUT2D eigenvalue weighted by atomic mass is 10.2. The van der Waals surface area contributed by atoms with E-state index >= 15 is 0 Å². The van der Waals surface area contributed by atoms with Crippen molar-refractivity contribution in [2.75, 3.05) is 11.7 Å². The Morgan fingerprint density at radius 3 is 2.84 bits per heavy atom. The van der Waals surface area contributed by atoms with E-state index < -0.39 is 9.84 Å². The second-order valence-corrected chi connectivity index (χ2v) is 7.96. The van der Waals surface area contributed by atoms with Gasteiger partial charge in [0.1, 0.15) is 16.4 Å². The van der Waals surface area contributed by atoms with E-state index in [1.165, 1.54) is 16.7 Å². The van der Waals surface area contributed by atoms with Crippen molar-refractivity contribution < 1.29 is 8.42 Å². The molecule has 0 unspecified atom stereocenters. The zero-order chi connectivity index (χ0) is 13.6. The Labute approximate surface area is 114 Å². The Morgan fingerprint density at radius 1 is 1.37 bits per heavy atom. The van der Waals surface area contributed by atoms with Gasteiger partial charge < -0.3 is 5.43 Å². The number of nitrogens with zero attached hydrogens (tertiary/aromatic N) is 2. The first kappa shape index (κ1) is 12.8. The molecule has 0 amide bonds. The molecule has 0 aromatic carbocycles. The minimum absolute atomic E-state index is 0.166. The van der Waals surface area contributed by atoms with Crippen molar-refractivity contribution in [2.45, 2.75) is 25.0 Å². The van der Waals surface area contributed by atoms with Crippen LogP contribution in [0.5, 0.6) is 0 Å². The van der Waals surface area contributed by atoms with Gasteiger partial charge in [-0.2, -0.15) is 0 Å². The first-order valence-electron chi connectivity index (χ1n) is 5.93. The van der Waals surface area contributed by atoms with Crippen LogP contribution in [0.25, 0.3) is 10.2 Å². The van der Waals surface area contributed by atoms with Crippen LogP contribution in [0.2, 0.25) is 0 Å². The molecule has 2 aromatic rings. The fraction of sp³-hybridized carbons (Fsp3) is 0.455. The molecule has 6 nitrogen and oxygen atoms in total. The number of aromatic nitrogens is 2. The van der Waals surface area contributed by atoms with Crippen LogP contribution >= 0.6 is 11.3 Å². The van der Waals surface area contributed by atoms with Gasteiger partial charge >= 0.3 is 0 Å². The van der Waals surface area contributed by atoms with Gasteiger partial charge in [0.05, 0.1) is 5.39 Å². The number of hydrazine groups is 1. The van der Waals surface area contributed by atoms with Gasteiger partial charge in [0, 0.05) is 11.1 Å². The van der Waals surface area contributed by atoms with E-state index in [-0.39, 0.29) is 5.75 Å². The number of hydrogen-bond donors (Lipinski definition) is 2. The molecule has 1 aliphatic carbocycles. The van der Waals surface area contributed by atoms with Crippen molar-refractivity contribution in [2.24, 2.45) is 5.84 Å². The molecule has 3 rings (SSSR count). The largest absolute Gasteiger partial charge is 0.308 e. The second-order valence-electron chi connectivity index (χ2n) is 4.74. The quantitative estimate of drug-likeness (QED) is 0.648. The number of fused-ring (bicyclic) bond motifs is 3. The van der Waals surface area contributed by atoms with Crippen LogP contribution in [0.15, 0.2) is 0 Å². The fourth-order valence-corrected chi connectivity index (χ4v) is 4.32. The van der Waals surface area contributed by atoms with Gasteiger partial charge in [-0.25, -0.2) is 24.2 Å². The summed E-state index contributed by atoms with van der Waals surface area (Å²) in [5, 5.41) is 0.956. The molecular formula is C11H14N4O2S2. The summed E-state index contributed by atoms with van der Waals surface area (Å²) in [4.78, 5) is 10.7. The molecule has 102 valence electrons. The van der Waals surface area contributed by atoms with Crippen LogP contribution in [-0.2, 0) is 28.4 Å². The predicted molar refractivity (Wildman–Crippen MR) is 75.8 cm³/mol. The summed E-state index contributed by atoms with van der Waals surface area (Å²) >= 11 is 1.61. The van der Waals surface area contributed by atoms with Gasteiger partial charge in [-0.05, 0) is 24.8 Å². The first-order chi connectivity index (χ1) is 8.98. The highest BCUT2D eigenvalue weighted by Gasteiger charge is 2.22. The smallest absolute Gasteiger partial charge is 0.154 e. The van der Waals surface area contributed by atoms with Crippen LogP contribution in [-0.4, -0.2) is 24.6 Å². The number of hydrogen-bond acceptors (Lipinski definition) is 7. The van der Waals surface area contributed by atoms with Crippen molar-refractivity contribution >= 4 is 37.2 Å². The van der Waals surface area contributed by atoms with E-state index in [0.29, 0.717) is 11.6 Å². The van der Waals surface area contributed by atoms with Crippen LogP contribution in [0.1, 0.15) is 22.7 Å². The number of nitrogens with one attached hydrogen (secondary N) is 1. The number of rotatable bonds is 3. The Morgan fingerprint density at radius 2 is 2.16 bits per heavy atom. The molecule has 0 saturated heterocycles. The number of nitrogen functional groups attached to an aromatic ring is 1. The minimum atomic E-state index is -3.15. The standard InChI is InChI=1S/C11H14N4O2S2/c1-19(16,17)5-8-13-10(15-12)9-6-3-2-4-7(6)18-11(9)14-8/h2-5,12H2,1H3,(H,13,14,15). The van der Waals surface area contributed by atoms with Crippen molar-refractivity contribution in [3.8, 4) is 0 Å². The maximum absolute atomic E-state index is 11.3. The summed E-state index contributed by atoms with van der Waals surface area (Å²) in [6.07, 6.45) is 4.39. The van der Waals surface area contributed by atoms with Crippen molar-refractivity contribution in [3.05, 3.63) is 16.3 Å². The number of thiophene rings is 1.